The van der Waals surface area contributed by atoms with E-state index < -0.39 is 5.97 Å². The van der Waals surface area contributed by atoms with Gasteiger partial charge in [0.2, 0.25) is 0 Å². The van der Waals surface area contributed by atoms with Gasteiger partial charge >= 0.3 is 5.97 Å². The Bertz CT molecular complexity index is 858. The van der Waals surface area contributed by atoms with Gasteiger partial charge in [0.25, 0.3) is 0 Å². The molecule has 3 rings (SSSR count). The van der Waals surface area contributed by atoms with Gasteiger partial charge in [0.05, 0.1) is 5.39 Å². The highest BCUT2D eigenvalue weighted by molar-refractivity contribution is 7.17. The first-order chi connectivity index (χ1) is 10.6. The lowest BCUT2D eigenvalue weighted by Crippen LogP contribution is -2.13. The zero-order chi connectivity index (χ0) is 15.7. The summed E-state index contributed by atoms with van der Waals surface area (Å²) in [5.74, 6) is -0.364. The number of carboxylic acid groups (broad SMARTS) is 1. The molecule has 3 aromatic rings. The molecule has 0 bridgehead atoms. The monoisotopic (exact) mass is 313 g/mol. The third-order valence-corrected chi connectivity index (χ3v) is 4.48. The van der Waals surface area contributed by atoms with Gasteiger partial charge in [-0.1, -0.05) is 18.2 Å². The number of aliphatic carboxylic acids is 1. The average molecular weight is 313 g/mol. The summed E-state index contributed by atoms with van der Waals surface area (Å²) in [6.07, 6.45) is 1.45. The maximum absolute atomic E-state index is 10.8. The van der Waals surface area contributed by atoms with Crippen molar-refractivity contribution in [2.75, 3.05) is 11.9 Å². The van der Waals surface area contributed by atoms with Crippen LogP contribution in [-0.4, -0.2) is 27.6 Å². The molecule has 0 radical (unpaired) electrons. The molecule has 0 atom stereocenters. The van der Waals surface area contributed by atoms with Gasteiger partial charge in [-0.3, -0.25) is 4.79 Å². The number of nitrogens with one attached hydrogen (secondary N) is 1. The second-order valence-corrected chi connectivity index (χ2v) is 5.96. The molecule has 0 aliphatic heterocycles. The van der Waals surface area contributed by atoms with E-state index >= 15 is 0 Å². The highest BCUT2D eigenvalue weighted by atomic mass is 32.1. The normalized spacial score (nSPS) is 10.8. The van der Waals surface area contributed by atoms with Crippen LogP contribution < -0.4 is 5.32 Å². The van der Waals surface area contributed by atoms with Crippen LogP contribution in [-0.2, 0) is 4.79 Å². The van der Waals surface area contributed by atoms with Crippen molar-refractivity contribution in [2.45, 2.75) is 13.8 Å². The quantitative estimate of drug-likeness (QED) is 0.771. The molecule has 6 heteroatoms. The predicted octanol–water partition coefficient (Wildman–Crippen LogP) is 3.47. The van der Waals surface area contributed by atoms with Gasteiger partial charge in [0.15, 0.2) is 0 Å². The second-order valence-electron chi connectivity index (χ2n) is 5.10. The molecule has 2 heterocycles. The number of carbonyl (C=O) groups is 1. The van der Waals surface area contributed by atoms with Gasteiger partial charge in [-0.15, -0.1) is 11.3 Å². The Labute approximate surface area is 131 Å². The molecule has 1 aromatic carbocycles. The molecule has 0 spiro atoms. The smallest absolute Gasteiger partial charge is 0.322 e. The molecule has 0 saturated heterocycles. The van der Waals surface area contributed by atoms with Gasteiger partial charge in [-0.25, -0.2) is 9.97 Å². The summed E-state index contributed by atoms with van der Waals surface area (Å²) >= 11 is 1.53. The van der Waals surface area contributed by atoms with E-state index in [1.807, 2.05) is 5.38 Å². The molecule has 2 N–H and O–H groups in total. The second kappa shape index (κ2) is 5.73. The topological polar surface area (TPSA) is 75.1 Å². The van der Waals surface area contributed by atoms with E-state index in [2.05, 4.69) is 47.3 Å². The van der Waals surface area contributed by atoms with Crippen LogP contribution in [0.25, 0.3) is 21.3 Å². The lowest BCUT2D eigenvalue weighted by molar-refractivity contribution is -0.134. The van der Waals surface area contributed by atoms with Crippen molar-refractivity contribution in [1.29, 1.82) is 0 Å². The lowest BCUT2D eigenvalue weighted by atomic mass is 10.0. The number of anilines is 1. The minimum absolute atomic E-state index is 0.172. The van der Waals surface area contributed by atoms with E-state index in [-0.39, 0.29) is 6.54 Å². The third-order valence-electron chi connectivity index (χ3n) is 3.60. The fourth-order valence-corrected chi connectivity index (χ4v) is 3.21. The van der Waals surface area contributed by atoms with Crippen molar-refractivity contribution in [2.24, 2.45) is 0 Å². The van der Waals surface area contributed by atoms with Gasteiger partial charge in [0.1, 0.15) is 23.5 Å². The van der Waals surface area contributed by atoms with Crippen LogP contribution in [0.4, 0.5) is 5.82 Å². The molecule has 0 amide bonds. The van der Waals surface area contributed by atoms with E-state index in [1.54, 1.807) is 0 Å². The Balaban J connectivity index is 2.13. The summed E-state index contributed by atoms with van der Waals surface area (Å²) in [5.41, 5.74) is 4.57. The number of aryl methyl sites for hydroxylation is 2. The predicted molar refractivity (Wildman–Crippen MR) is 88.5 cm³/mol. The van der Waals surface area contributed by atoms with E-state index in [0.717, 1.165) is 21.3 Å². The maximum atomic E-state index is 10.8. The minimum atomic E-state index is -0.922. The summed E-state index contributed by atoms with van der Waals surface area (Å²) < 4.78 is 0. The van der Waals surface area contributed by atoms with Crippen LogP contribution >= 0.6 is 11.3 Å². The Morgan fingerprint density at radius 3 is 2.82 bits per heavy atom. The molecule has 112 valence electrons. The van der Waals surface area contributed by atoms with Crippen LogP contribution in [0.1, 0.15) is 11.1 Å². The number of nitrogens with zero attached hydrogens (tertiary/aromatic N) is 2. The van der Waals surface area contributed by atoms with Crippen LogP contribution in [0, 0.1) is 13.8 Å². The lowest BCUT2D eigenvalue weighted by Gasteiger charge is -2.08. The first-order valence-electron chi connectivity index (χ1n) is 6.81. The van der Waals surface area contributed by atoms with Gasteiger partial charge < -0.3 is 10.4 Å². The fraction of sp³-hybridized carbons (Fsp3) is 0.188. The maximum Gasteiger partial charge on any atom is 0.322 e. The summed E-state index contributed by atoms with van der Waals surface area (Å²) in [7, 11) is 0. The van der Waals surface area contributed by atoms with Crippen LogP contribution in [0.15, 0.2) is 29.9 Å². The first kappa shape index (κ1) is 14.5. The standard InChI is InChI=1S/C16H15N3O2S/c1-9-3-4-11(5-10(9)2)12-7-22-16-14(12)15(18-8-19-16)17-6-13(20)21/h3-5,7-8H,6H2,1-2H3,(H,20,21)(H,17,18,19). The zero-order valence-electron chi connectivity index (χ0n) is 12.3. The molecule has 0 fully saturated rings. The van der Waals surface area contributed by atoms with Crippen molar-refractivity contribution < 1.29 is 9.90 Å². The average Bonchev–Trinajstić information content (AvgIpc) is 2.92. The minimum Gasteiger partial charge on any atom is -0.480 e. The molecule has 0 aliphatic carbocycles. The molecule has 22 heavy (non-hydrogen) atoms. The SMILES string of the molecule is Cc1ccc(-c2csc3ncnc(NCC(=O)O)c23)cc1C. The Morgan fingerprint density at radius 2 is 2.09 bits per heavy atom. The zero-order valence-corrected chi connectivity index (χ0v) is 13.1. The molecule has 5 nitrogen and oxygen atoms in total. The number of hydrogen-bond acceptors (Lipinski definition) is 5. The number of rotatable bonds is 4. The third kappa shape index (κ3) is 2.65. The van der Waals surface area contributed by atoms with Crippen LogP contribution in [0.5, 0.6) is 0 Å². The number of thiophene rings is 1. The molecular formula is C16H15N3O2S. The van der Waals surface area contributed by atoms with E-state index in [0.29, 0.717) is 5.82 Å². The van der Waals surface area contributed by atoms with Crippen molar-refractivity contribution in [1.82, 2.24) is 9.97 Å². The highest BCUT2D eigenvalue weighted by Crippen LogP contribution is 2.36. The van der Waals surface area contributed by atoms with E-state index in [4.69, 9.17) is 5.11 Å². The fourth-order valence-electron chi connectivity index (χ4n) is 2.29. The molecular weight excluding hydrogens is 298 g/mol. The van der Waals surface area contributed by atoms with Gasteiger partial charge in [0, 0.05) is 10.9 Å². The van der Waals surface area contributed by atoms with E-state index in [9.17, 15) is 4.79 Å². The number of hydrogen-bond donors (Lipinski definition) is 2. The number of benzene rings is 1. The van der Waals surface area contributed by atoms with Crippen molar-refractivity contribution >= 4 is 33.3 Å². The number of carboxylic acids is 1. The number of aromatic nitrogens is 2. The largest absolute Gasteiger partial charge is 0.480 e. The molecule has 0 saturated carbocycles. The Hall–Kier alpha value is -2.47. The Kier molecular flexibility index (Phi) is 3.77. The summed E-state index contributed by atoms with van der Waals surface area (Å²) in [6.45, 7) is 3.98. The summed E-state index contributed by atoms with van der Waals surface area (Å²) in [5, 5.41) is 14.6. The first-order valence-corrected chi connectivity index (χ1v) is 7.69. The van der Waals surface area contributed by atoms with Crippen molar-refractivity contribution in [3.63, 3.8) is 0 Å². The highest BCUT2D eigenvalue weighted by Gasteiger charge is 2.14. The Morgan fingerprint density at radius 1 is 1.27 bits per heavy atom. The summed E-state index contributed by atoms with van der Waals surface area (Å²) in [6, 6.07) is 6.28. The van der Waals surface area contributed by atoms with Gasteiger partial charge in [-0.05, 0) is 30.5 Å². The van der Waals surface area contributed by atoms with E-state index in [1.165, 1.54) is 28.8 Å². The number of fused-ring (bicyclic) bond motifs is 1. The molecule has 2 aromatic heterocycles. The van der Waals surface area contributed by atoms with Crippen LogP contribution in [0.2, 0.25) is 0 Å². The van der Waals surface area contributed by atoms with Crippen molar-refractivity contribution in [3.05, 3.63) is 41.0 Å². The van der Waals surface area contributed by atoms with Crippen LogP contribution in [0.3, 0.4) is 0 Å². The molecule has 0 unspecified atom stereocenters. The van der Waals surface area contributed by atoms with Crippen molar-refractivity contribution in [3.8, 4) is 11.1 Å². The summed E-state index contributed by atoms with van der Waals surface area (Å²) in [4.78, 5) is 20.1. The molecule has 0 aliphatic rings. The van der Waals surface area contributed by atoms with Gasteiger partial charge in [-0.2, -0.15) is 0 Å².